The number of hydrogen-bond donors (Lipinski definition) is 2. The molecule has 19 heavy (non-hydrogen) atoms. The predicted molar refractivity (Wildman–Crippen MR) is 73.3 cm³/mol. The Balaban J connectivity index is 2.59. The Morgan fingerprint density at radius 3 is 2.63 bits per heavy atom. The van der Waals surface area contributed by atoms with Crippen LogP contribution in [0.25, 0.3) is 0 Å². The molecule has 0 heterocycles. The predicted octanol–water partition coefficient (Wildman–Crippen LogP) is 1.63. The molecule has 0 aliphatic heterocycles. The largest absolute Gasteiger partial charge is 0.351 e. The van der Waals surface area contributed by atoms with Gasteiger partial charge in [0.1, 0.15) is 0 Å². The number of carbonyl (C=O) groups is 1. The van der Waals surface area contributed by atoms with E-state index in [1.807, 2.05) is 0 Å². The maximum Gasteiger partial charge on any atom is 0.270 e. The summed E-state index contributed by atoms with van der Waals surface area (Å²) in [4.78, 5) is 22.1. The standard InChI is InChI=1S/C13H19N3O3/c1-3-4-14-5-6-15-13(17)11-7-10(2)8-12(9-11)16(18)19/h7-9,14H,3-6H2,1-2H3,(H,15,17). The quantitative estimate of drug-likeness (QED) is 0.446. The smallest absolute Gasteiger partial charge is 0.270 e. The Kier molecular flexibility index (Phi) is 5.95. The zero-order valence-electron chi connectivity index (χ0n) is 11.2. The van der Waals surface area contributed by atoms with E-state index in [4.69, 9.17) is 0 Å². The highest BCUT2D eigenvalue weighted by atomic mass is 16.6. The van der Waals surface area contributed by atoms with Crippen molar-refractivity contribution in [2.45, 2.75) is 20.3 Å². The van der Waals surface area contributed by atoms with E-state index in [1.54, 1.807) is 13.0 Å². The molecule has 6 heteroatoms. The Bertz CT molecular complexity index is 460. The average molecular weight is 265 g/mol. The Morgan fingerprint density at radius 1 is 1.26 bits per heavy atom. The third kappa shape index (κ3) is 5.05. The highest BCUT2D eigenvalue weighted by Crippen LogP contribution is 2.16. The van der Waals surface area contributed by atoms with Crippen LogP contribution >= 0.6 is 0 Å². The van der Waals surface area contributed by atoms with Gasteiger partial charge in [-0.1, -0.05) is 6.92 Å². The molecule has 0 aliphatic rings. The van der Waals surface area contributed by atoms with Crippen molar-refractivity contribution in [3.05, 3.63) is 39.4 Å². The number of aryl methyl sites for hydroxylation is 1. The maximum atomic E-state index is 11.8. The molecule has 0 saturated heterocycles. The van der Waals surface area contributed by atoms with Gasteiger partial charge in [0, 0.05) is 30.8 Å². The van der Waals surface area contributed by atoms with E-state index in [9.17, 15) is 14.9 Å². The molecule has 0 saturated carbocycles. The monoisotopic (exact) mass is 265 g/mol. The van der Waals surface area contributed by atoms with Gasteiger partial charge in [-0.2, -0.15) is 0 Å². The lowest BCUT2D eigenvalue weighted by Crippen LogP contribution is -2.32. The van der Waals surface area contributed by atoms with E-state index < -0.39 is 4.92 Å². The summed E-state index contributed by atoms with van der Waals surface area (Å²) in [6.45, 7) is 5.89. The molecule has 1 aromatic carbocycles. The molecule has 6 nitrogen and oxygen atoms in total. The van der Waals surface area contributed by atoms with E-state index in [0.29, 0.717) is 24.2 Å². The van der Waals surface area contributed by atoms with Crippen LogP contribution in [0.15, 0.2) is 18.2 Å². The van der Waals surface area contributed by atoms with Gasteiger partial charge in [-0.25, -0.2) is 0 Å². The summed E-state index contributed by atoms with van der Waals surface area (Å²) < 4.78 is 0. The summed E-state index contributed by atoms with van der Waals surface area (Å²) in [6.07, 6.45) is 1.04. The van der Waals surface area contributed by atoms with Crippen LogP contribution in [-0.4, -0.2) is 30.5 Å². The number of carbonyl (C=O) groups excluding carboxylic acids is 1. The first-order valence-electron chi connectivity index (χ1n) is 6.29. The van der Waals surface area contributed by atoms with Gasteiger partial charge in [-0.05, 0) is 31.5 Å². The molecule has 0 aliphatic carbocycles. The Morgan fingerprint density at radius 2 is 2.00 bits per heavy atom. The zero-order valence-corrected chi connectivity index (χ0v) is 11.2. The summed E-state index contributed by atoms with van der Waals surface area (Å²) in [5.74, 6) is -0.287. The third-order valence-corrected chi connectivity index (χ3v) is 2.55. The van der Waals surface area contributed by atoms with Crippen LogP contribution in [0.1, 0.15) is 29.3 Å². The van der Waals surface area contributed by atoms with E-state index in [-0.39, 0.29) is 11.6 Å². The fourth-order valence-electron chi connectivity index (χ4n) is 1.67. The molecule has 0 atom stereocenters. The molecular weight excluding hydrogens is 246 g/mol. The van der Waals surface area contributed by atoms with Gasteiger partial charge in [0.05, 0.1) is 4.92 Å². The highest BCUT2D eigenvalue weighted by Gasteiger charge is 2.12. The average Bonchev–Trinajstić information content (AvgIpc) is 2.37. The molecule has 0 radical (unpaired) electrons. The van der Waals surface area contributed by atoms with Gasteiger partial charge < -0.3 is 10.6 Å². The van der Waals surface area contributed by atoms with Crippen LogP contribution in [0.2, 0.25) is 0 Å². The van der Waals surface area contributed by atoms with Crippen molar-refractivity contribution >= 4 is 11.6 Å². The summed E-state index contributed by atoms with van der Waals surface area (Å²) in [7, 11) is 0. The van der Waals surface area contributed by atoms with E-state index >= 15 is 0 Å². The minimum atomic E-state index is -0.493. The second-order valence-corrected chi connectivity index (χ2v) is 4.32. The van der Waals surface area contributed by atoms with Crippen LogP contribution < -0.4 is 10.6 Å². The molecule has 1 rings (SSSR count). The minimum Gasteiger partial charge on any atom is -0.351 e. The van der Waals surface area contributed by atoms with Crippen LogP contribution in [0, 0.1) is 17.0 Å². The number of amides is 1. The Hall–Kier alpha value is -1.95. The number of non-ortho nitro benzene ring substituents is 1. The fraction of sp³-hybridized carbons (Fsp3) is 0.462. The fourth-order valence-corrected chi connectivity index (χ4v) is 1.67. The number of rotatable bonds is 7. The molecular formula is C13H19N3O3. The van der Waals surface area contributed by atoms with Gasteiger partial charge in [0.25, 0.3) is 11.6 Å². The molecule has 0 spiro atoms. The second-order valence-electron chi connectivity index (χ2n) is 4.32. The van der Waals surface area contributed by atoms with E-state index in [2.05, 4.69) is 17.6 Å². The first-order valence-corrected chi connectivity index (χ1v) is 6.29. The van der Waals surface area contributed by atoms with E-state index in [1.165, 1.54) is 12.1 Å². The van der Waals surface area contributed by atoms with Crippen molar-refractivity contribution in [3.8, 4) is 0 Å². The van der Waals surface area contributed by atoms with Gasteiger partial charge in [-0.3, -0.25) is 14.9 Å². The number of benzene rings is 1. The van der Waals surface area contributed by atoms with Crippen molar-refractivity contribution in [2.75, 3.05) is 19.6 Å². The molecule has 0 fully saturated rings. The Labute approximate surface area is 112 Å². The second kappa shape index (κ2) is 7.48. The van der Waals surface area contributed by atoms with Gasteiger partial charge in [0.15, 0.2) is 0 Å². The number of nitrogens with zero attached hydrogens (tertiary/aromatic N) is 1. The molecule has 104 valence electrons. The lowest BCUT2D eigenvalue weighted by atomic mass is 10.1. The summed E-state index contributed by atoms with van der Waals surface area (Å²) in [6, 6.07) is 4.38. The first-order chi connectivity index (χ1) is 9.04. The maximum absolute atomic E-state index is 11.8. The number of nitro benzene ring substituents is 1. The first kappa shape index (κ1) is 15.1. The molecule has 0 bridgehead atoms. The lowest BCUT2D eigenvalue weighted by Gasteiger charge is -2.07. The van der Waals surface area contributed by atoms with Crippen molar-refractivity contribution in [2.24, 2.45) is 0 Å². The summed E-state index contributed by atoms with van der Waals surface area (Å²) in [5, 5.41) is 16.6. The lowest BCUT2D eigenvalue weighted by molar-refractivity contribution is -0.384. The van der Waals surface area contributed by atoms with E-state index in [0.717, 1.165) is 13.0 Å². The minimum absolute atomic E-state index is 0.0609. The molecule has 0 unspecified atom stereocenters. The number of nitrogens with one attached hydrogen (secondary N) is 2. The molecule has 2 N–H and O–H groups in total. The van der Waals surface area contributed by atoms with Crippen molar-refractivity contribution < 1.29 is 9.72 Å². The SMILES string of the molecule is CCCNCCNC(=O)c1cc(C)cc([N+](=O)[O-])c1. The zero-order chi connectivity index (χ0) is 14.3. The molecule has 0 aromatic heterocycles. The van der Waals surface area contributed by atoms with Crippen LogP contribution in [0.5, 0.6) is 0 Å². The number of hydrogen-bond acceptors (Lipinski definition) is 4. The van der Waals surface area contributed by atoms with Crippen molar-refractivity contribution in [1.29, 1.82) is 0 Å². The van der Waals surface area contributed by atoms with Gasteiger partial charge in [-0.15, -0.1) is 0 Å². The van der Waals surface area contributed by atoms with Crippen molar-refractivity contribution in [3.63, 3.8) is 0 Å². The molecule has 1 amide bonds. The van der Waals surface area contributed by atoms with Crippen molar-refractivity contribution in [1.82, 2.24) is 10.6 Å². The van der Waals surface area contributed by atoms with Gasteiger partial charge in [0.2, 0.25) is 0 Å². The summed E-state index contributed by atoms with van der Waals surface area (Å²) >= 11 is 0. The van der Waals surface area contributed by atoms with Crippen LogP contribution in [0.4, 0.5) is 5.69 Å². The topological polar surface area (TPSA) is 84.3 Å². The summed E-state index contributed by atoms with van der Waals surface area (Å²) in [5.41, 5.74) is 0.958. The van der Waals surface area contributed by atoms with Crippen LogP contribution in [0.3, 0.4) is 0 Å². The number of nitro groups is 1. The molecule has 1 aromatic rings. The third-order valence-electron chi connectivity index (χ3n) is 2.55. The van der Waals surface area contributed by atoms with Gasteiger partial charge >= 0.3 is 0 Å². The normalized spacial score (nSPS) is 10.2. The highest BCUT2D eigenvalue weighted by molar-refractivity contribution is 5.95. The van der Waals surface area contributed by atoms with Crippen LogP contribution in [-0.2, 0) is 0 Å².